The number of alkyl halides is 3. The van der Waals surface area contributed by atoms with Crippen LogP contribution in [-0.2, 0) is 19.6 Å². The molecule has 9 heteroatoms. The molecule has 0 heterocycles. The number of carbonyl (C=O) groups is 1. The number of ether oxygens (including phenoxy) is 1. The predicted molar refractivity (Wildman–Crippen MR) is 72.0 cm³/mol. The van der Waals surface area contributed by atoms with E-state index in [0.717, 1.165) is 6.42 Å². The molecule has 0 amide bonds. The van der Waals surface area contributed by atoms with Crippen molar-refractivity contribution in [3.05, 3.63) is 12.2 Å². The molecule has 5 nitrogen and oxygen atoms in total. The van der Waals surface area contributed by atoms with Crippen molar-refractivity contribution in [3.63, 3.8) is 0 Å². The van der Waals surface area contributed by atoms with Crippen molar-refractivity contribution in [2.24, 2.45) is 17.8 Å². The third-order valence-electron chi connectivity index (χ3n) is 4.39. The second kappa shape index (κ2) is 5.84. The molecule has 4 atom stereocenters. The summed E-state index contributed by atoms with van der Waals surface area (Å²) in [6.45, 7) is 4.81. The average Bonchev–Trinajstić information content (AvgIpc) is 2.94. The van der Waals surface area contributed by atoms with Crippen molar-refractivity contribution < 1.29 is 31.1 Å². The molecule has 0 aromatic carbocycles. The Morgan fingerprint density at radius 1 is 1.27 bits per heavy atom. The van der Waals surface area contributed by atoms with Crippen LogP contribution in [-0.4, -0.2) is 32.5 Å². The molecule has 2 aliphatic rings. The maximum atomic E-state index is 12.3. The van der Waals surface area contributed by atoms with E-state index < -0.39 is 21.5 Å². The third-order valence-corrected chi connectivity index (χ3v) is 5.54. The fraction of sp³-hybridized carbons (Fsp3) is 0.769. The summed E-state index contributed by atoms with van der Waals surface area (Å²) in [5.74, 6) is -0.466. The summed E-state index contributed by atoms with van der Waals surface area (Å²) in [6.07, 6.45) is 1.61. The van der Waals surface area contributed by atoms with E-state index in [1.54, 1.807) is 11.6 Å². The Labute approximate surface area is 126 Å². The zero-order chi connectivity index (χ0) is 16.7. The number of carbonyl (C=O) groups excluding carboxylic acids is 1. The Morgan fingerprint density at radius 2 is 1.91 bits per heavy atom. The zero-order valence-electron chi connectivity index (χ0n) is 12.0. The van der Waals surface area contributed by atoms with Gasteiger partial charge in [-0.15, -0.1) is 0 Å². The van der Waals surface area contributed by atoms with Gasteiger partial charge in [-0.2, -0.15) is 13.2 Å². The summed E-state index contributed by atoms with van der Waals surface area (Å²) in [6, 6.07) is 0. The molecule has 126 valence electrons. The Morgan fingerprint density at radius 3 is 2.36 bits per heavy atom. The van der Waals surface area contributed by atoms with Crippen LogP contribution in [0.3, 0.4) is 0 Å². The molecule has 0 saturated heterocycles. The van der Waals surface area contributed by atoms with Crippen LogP contribution in [0.4, 0.5) is 13.2 Å². The molecule has 2 fully saturated rings. The van der Waals surface area contributed by atoms with E-state index in [0.29, 0.717) is 18.4 Å². The lowest BCUT2D eigenvalue weighted by molar-refractivity contribution is -0.147. The lowest BCUT2D eigenvalue weighted by atomic mass is 9.87. The molecule has 0 aliphatic heterocycles. The average molecular weight is 341 g/mol. The topological polar surface area (TPSA) is 72.5 Å². The van der Waals surface area contributed by atoms with E-state index in [1.807, 2.05) is 0 Å². The summed E-state index contributed by atoms with van der Waals surface area (Å²) in [4.78, 5) is 11.5. The van der Waals surface area contributed by atoms with E-state index in [1.165, 1.54) is 0 Å². The Kier molecular flexibility index (Phi) is 4.59. The first-order valence-electron chi connectivity index (χ1n) is 6.93. The highest BCUT2D eigenvalue weighted by molar-refractivity contribution is 7.90. The first kappa shape index (κ1) is 17.3. The van der Waals surface area contributed by atoms with Crippen molar-refractivity contribution in [1.29, 1.82) is 0 Å². The van der Waals surface area contributed by atoms with Gasteiger partial charge in [0.15, 0.2) is 0 Å². The minimum atomic E-state index is -5.29. The van der Waals surface area contributed by atoms with Crippen LogP contribution in [0, 0.1) is 17.8 Å². The van der Waals surface area contributed by atoms with Gasteiger partial charge in [-0.05, 0) is 43.9 Å². The van der Waals surface area contributed by atoms with Crippen molar-refractivity contribution in [2.75, 3.05) is 6.54 Å². The monoisotopic (exact) mass is 341 g/mol. The first-order valence-corrected chi connectivity index (χ1v) is 8.42. The maximum absolute atomic E-state index is 12.3. The van der Waals surface area contributed by atoms with Crippen molar-refractivity contribution in [2.45, 2.75) is 37.8 Å². The predicted octanol–water partition coefficient (Wildman–Crippen LogP) is 1.96. The molecular weight excluding hydrogens is 323 g/mol. The molecule has 0 radical (unpaired) electrons. The first-order chi connectivity index (χ1) is 10.0. The van der Waals surface area contributed by atoms with Crippen LogP contribution in [0.2, 0.25) is 0 Å². The van der Waals surface area contributed by atoms with Gasteiger partial charge < -0.3 is 4.74 Å². The Balaban J connectivity index is 1.86. The number of rotatable bonds is 5. The van der Waals surface area contributed by atoms with Gasteiger partial charge in [0.1, 0.15) is 6.10 Å². The van der Waals surface area contributed by atoms with Gasteiger partial charge in [-0.25, -0.2) is 17.9 Å². The number of sulfonamides is 1. The Bertz CT molecular complexity index is 572. The van der Waals surface area contributed by atoms with Crippen LogP contribution < -0.4 is 4.72 Å². The van der Waals surface area contributed by atoms with E-state index >= 15 is 0 Å². The van der Waals surface area contributed by atoms with E-state index in [4.69, 9.17) is 4.74 Å². The highest BCUT2D eigenvalue weighted by atomic mass is 32.2. The van der Waals surface area contributed by atoms with Crippen LogP contribution >= 0.6 is 0 Å². The zero-order valence-corrected chi connectivity index (χ0v) is 12.8. The van der Waals surface area contributed by atoms with E-state index in [9.17, 15) is 26.4 Å². The summed E-state index contributed by atoms with van der Waals surface area (Å²) in [7, 11) is -5.29. The minimum Gasteiger partial charge on any atom is -0.459 e. The lowest BCUT2D eigenvalue weighted by Gasteiger charge is -2.28. The molecule has 2 aliphatic carbocycles. The summed E-state index contributed by atoms with van der Waals surface area (Å²) >= 11 is 0. The molecule has 2 bridgehead atoms. The number of hydrogen-bond donors (Lipinski definition) is 1. The van der Waals surface area contributed by atoms with Gasteiger partial charge in [0.25, 0.3) is 0 Å². The molecule has 1 N–H and O–H groups in total. The van der Waals surface area contributed by atoms with E-state index in [2.05, 4.69) is 6.58 Å². The summed E-state index contributed by atoms with van der Waals surface area (Å²) in [5.41, 5.74) is -4.98. The molecule has 2 rings (SSSR count). The van der Waals surface area contributed by atoms with Crippen molar-refractivity contribution in [3.8, 4) is 0 Å². The number of nitrogens with one attached hydrogen (secondary N) is 1. The molecule has 0 aromatic rings. The van der Waals surface area contributed by atoms with Crippen molar-refractivity contribution >= 4 is 16.0 Å². The fourth-order valence-electron chi connectivity index (χ4n) is 3.27. The highest BCUT2D eigenvalue weighted by Crippen LogP contribution is 2.49. The van der Waals surface area contributed by atoms with Gasteiger partial charge in [0.05, 0.1) is 0 Å². The standard InChI is InChI=1S/C13H18F3NO4S/c1-7(2)12(18)21-11-5-8-3-9(11)4-10(8)6-17-22(19,20)13(14,15)16/h8-11,17H,1,3-6H2,2H3/t8-,9-,10?,11+/m0/s1. The normalized spacial score (nSPS) is 31.3. The summed E-state index contributed by atoms with van der Waals surface area (Å²) < 4.78 is 65.7. The van der Waals surface area contributed by atoms with Crippen LogP contribution in [0.1, 0.15) is 26.2 Å². The fourth-order valence-corrected chi connectivity index (χ4v) is 3.87. The molecule has 2 saturated carbocycles. The van der Waals surface area contributed by atoms with E-state index in [-0.39, 0.29) is 30.4 Å². The quantitative estimate of drug-likeness (QED) is 0.613. The third kappa shape index (κ3) is 3.45. The molecule has 1 unspecified atom stereocenters. The van der Waals surface area contributed by atoms with Gasteiger partial charge in [0, 0.05) is 12.1 Å². The summed E-state index contributed by atoms with van der Waals surface area (Å²) in [5, 5.41) is 0. The van der Waals surface area contributed by atoms with Gasteiger partial charge in [0.2, 0.25) is 0 Å². The minimum absolute atomic E-state index is 0.0730. The molecule has 0 spiro atoms. The second-order valence-electron chi connectivity index (χ2n) is 6.01. The Hall–Kier alpha value is -1.09. The van der Waals surface area contributed by atoms with Crippen LogP contribution in [0.15, 0.2) is 12.2 Å². The number of hydrogen-bond acceptors (Lipinski definition) is 4. The van der Waals surface area contributed by atoms with Gasteiger partial charge >= 0.3 is 21.5 Å². The van der Waals surface area contributed by atoms with Crippen LogP contribution in [0.5, 0.6) is 0 Å². The number of fused-ring (bicyclic) bond motifs is 2. The largest absolute Gasteiger partial charge is 0.511 e. The number of esters is 1. The van der Waals surface area contributed by atoms with Gasteiger partial charge in [-0.3, -0.25) is 0 Å². The second-order valence-corrected chi connectivity index (χ2v) is 7.77. The van der Waals surface area contributed by atoms with Crippen molar-refractivity contribution in [1.82, 2.24) is 4.72 Å². The van der Waals surface area contributed by atoms with Crippen LogP contribution in [0.25, 0.3) is 0 Å². The lowest BCUT2D eigenvalue weighted by Crippen LogP contribution is -2.40. The highest BCUT2D eigenvalue weighted by Gasteiger charge is 2.50. The van der Waals surface area contributed by atoms with Gasteiger partial charge in [-0.1, -0.05) is 6.58 Å². The molecule has 22 heavy (non-hydrogen) atoms. The smallest absolute Gasteiger partial charge is 0.459 e. The SMILES string of the molecule is C=C(C)C(=O)O[C@@H]1C[C@@H]2C[C@H]1CC2CNS(=O)(=O)C(F)(F)F. The molecular formula is C13H18F3NO4S. The maximum Gasteiger partial charge on any atom is 0.511 e. The molecule has 0 aromatic heterocycles. The number of halogens is 3.